The van der Waals surface area contributed by atoms with Crippen molar-refractivity contribution in [1.82, 2.24) is 5.32 Å². The Balaban J connectivity index is 1.99. The second-order valence-electron chi connectivity index (χ2n) is 4.93. The summed E-state index contributed by atoms with van der Waals surface area (Å²) >= 11 is 0. The van der Waals surface area contributed by atoms with E-state index in [9.17, 15) is 9.50 Å². The SMILES string of the molecule is Cc1cc(F)ccc1CC(O)C1CCNCC1. The fourth-order valence-corrected chi connectivity index (χ4v) is 2.51. The highest BCUT2D eigenvalue weighted by Crippen LogP contribution is 2.21. The Morgan fingerprint density at radius 1 is 1.41 bits per heavy atom. The van der Waals surface area contributed by atoms with Crippen LogP contribution < -0.4 is 5.32 Å². The van der Waals surface area contributed by atoms with Gasteiger partial charge in [0.05, 0.1) is 6.10 Å². The van der Waals surface area contributed by atoms with E-state index < -0.39 is 0 Å². The molecule has 0 aromatic heterocycles. The Morgan fingerprint density at radius 3 is 2.76 bits per heavy atom. The van der Waals surface area contributed by atoms with E-state index in [0.29, 0.717) is 12.3 Å². The molecule has 1 heterocycles. The first-order valence-electron chi connectivity index (χ1n) is 6.30. The zero-order valence-electron chi connectivity index (χ0n) is 10.2. The van der Waals surface area contributed by atoms with Crippen molar-refractivity contribution in [3.05, 3.63) is 35.1 Å². The molecule has 1 saturated heterocycles. The van der Waals surface area contributed by atoms with Crippen molar-refractivity contribution < 1.29 is 9.50 Å². The Morgan fingerprint density at radius 2 is 2.12 bits per heavy atom. The van der Waals surface area contributed by atoms with Gasteiger partial charge in [-0.05, 0) is 68.5 Å². The second kappa shape index (κ2) is 5.61. The Labute approximate surface area is 102 Å². The van der Waals surface area contributed by atoms with Gasteiger partial charge in [-0.25, -0.2) is 4.39 Å². The molecule has 0 bridgehead atoms. The maximum absolute atomic E-state index is 13.0. The first-order chi connectivity index (χ1) is 8.16. The topological polar surface area (TPSA) is 32.3 Å². The molecule has 0 spiro atoms. The number of aliphatic hydroxyl groups excluding tert-OH is 1. The van der Waals surface area contributed by atoms with Crippen molar-refractivity contribution in [2.24, 2.45) is 5.92 Å². The van der Waals surface area contributed by atoms with E-state index in [2.05, 4.69) is 5.32 Å². The molecule has 94 valence electrons. The zero-order valence-corrected chi connectivity index (χ0v) is 10.2. The first kappa shape index (κ1) is 12.5. The lowest BCUT2D eigenvalue weighted by atomic mass is 9.88. The van der Waals surface area contributed by atoms with E-state index in [0.717, 1.165) is 37.1 Å². The molecule has 0 radical (unpaired) electrons. The zero-order chi connectivity index (χ0) is 12.3. The van der Waals surface area contributed by atoms with Gasteiger partial charge in [-0.15, -0.1) is 0 Å². The van der Waals surface area contributed by atoms with Crippen molar-refractivity contribution >= 4 is 0 Å². The van der Waals surface area contributed by atoms with Gasteiger partial charge in [0.25, 0.3) is 0 Å². The van der Waals surface area contributed by atoms with Crippen molar-refractivity contribution in [3.63, 3.8) is 0 Å². The summed E-state index contributed by atoms with van der Waals surface area (Å²) in [5.41, 5.74) is 1.98. The largest absolute Gasteiger partial charge is 0.392 e. The van der Waals surface area contributed by atoms with Gasteiger partial charge in [-0.1, -0.05) is 6.07 Å². The lowest BCUT2D eigenvalue weighted by molar-refractivity contribution is 0.0889. The summed E-state index contributed by atoms with van der Waals surface area (Å²) in [5.74, 6) is 0.170. The van der Waals surface area contributed by atoms with Gasteiger partial charge < -0.3 is 10.4 Å². The molecule has 1 aliphatic heterocycles. The van der Waals surface area contributed by atoms with Gasteiger partial charge in [-0.2, -0.15) is 0 Å². The normalized spacial score (nSPS) is 19.2. The molecule has 1 aromatic carbocycles. The van der Waals surface area contributed by atoms with Crippen LogP contribution >= 0.6 is 0 Å². The molecule has 1 aliphatic rings. The molecular weight excluding hydrogens is 217 g/mol. The Bertz CT molecular complexity index is 374. The third-order valence-corrected chi connectivity index (χ3v) is 3.66. The van der Waals surface area contributed by atoms with Gasteiger partial charge in [0.2, 0.25) is 0 Å². The highest BCUT2D eigenvalue weighted by molar-refractivity contribution is 5.27. The van der Waals surface area contributed by atoms with Gasteiger partial charge in [-0.3, -0.25) is 0 Å². The number of halogens is 1. The molecule has 0 aliphatic carbocycles. The predicted molar refractivity (Wildman–Crippen MR) is 66.4 cm³/mol. The van der Waals surface area contributed by atoms with Gasteiger partial charge in [0.15, 0.2) is 0 Å². The number of rotatable bonds is 3. The summed E-state index contributed by atoms with van der Waals surface area (Å²) in [5, 5.41) is 13.5. The number of benzene rings is 1. The summed E-state index contributed by atoms with van der Waals surface area (Å²) in [6.45, 7) is 3.88. The van der Waals surface area contributed by atoms with Crippen LogP contribution in [0, 0.1) is 18.7 Å². The summed E-state index contributed by atoms with van der Waals surface area (Å²) < 4.78 is 13.0. The maximum atomic E-state index is 13.0. The van der Waals surface area contributed by atoms with Crippen LogP contribution in [-0.4, -0.2) is 24.3 Å². The minimum Gasteiger partial charge on any atom is -0.392 e. The molecule has 1 unspecified atom stereocenters. The fraction of sp³-hybridized carbons (Fsp3) is 0.571. The minimum atomic E-state index is -0.304. The van der Waals surface area contributed by atoms with Crippen LogP contribution in [-0.2, 0) is 6.42 Å². The van der Waals surface area contributed by atoms with Gasteiger partial charge in [0.1, 0.15) is 5.82 Å². The number of nitrogens with one attached hydrogen (secondary N) is 1. The third-order valence-electron chi connectivity index (χ3n) is 3.66. The molecule has 1 atom stereocenters. The van der Waals surface area contributed by atoms with E-state index in [1.165, 1.54) is 12.1 Å². The summed E-state index contributed by atoms with van der Waals surface area (Å²) in [6, 6.07) is 4.79. The van der Waals surface area contributed by atoms with Crippen LogP contribution in [0.4, 0.5) is 4.39 Å². The first-order valence-corrected chi connectivity index (χ1v) is 6.30. The van der Waals surface area contributed by atoms with E-state index in [4.69, 9.17) is 0 Å². The predicted octanol–water partition coefficient (Wildman–Crippen LogP) is 2.04. The molecule has 1 aromatic rings. The van der Waals surface area contributed by atoms with E-state index in [1.807, 2.05) is 6.92 Å². The number of piperidine rings is 1. The second-order valence-corrected chi connectivity index (χ2v) is 4.93. The average molecular weight is 237 g/mol. The minimum absolute atomic E-state index is 0.206. The van der Waals surface area contributed by atoms with E-state index >= 15 is 0 Å². The molecule has 3 heteroatoms. The molecular formula is C14H20FNO. The summed E-state index contributed by atoms with van der Waals surface area (Å²) in [4.78, 5) is 0. The molecule has 2 N–H and O–H groups in total. The number of hydrogen-bond acceptors (Lipinski definition) is 2. The van der Waals surface area contributed by atoms with E-state index in [-0.39, 0.29) is 11.9 Å². The quantitative estimate of drug-likeness (QED) is 0.843. The van der Waals surface area contributed by atoms with Crippen LogP contribution in [0.25, 0.3) is 0 Å². The lowest BCUT2D eigenvalue weighted by Crippen LogP contribution is -2.35. The van der Waals surface area contributed by atoms with Gasteiger partial charge in [0, 0.05) is 0 Å². The number of hydrogen-bond donors (Lipinski definition) is 2. The van der Waals surface area contributed by atoms with Crippen LogP contribution in [0.15, 0.2) is 18.2 Å². The average Bonchev–Trinajstić information content (AvgIpc) is 2.34. The fourth-order valence-electron chi connectivity index (χ4n) is 2.51. The number of aryl methyl sites for hydroxylation is 1. The van der Waals surface area contributed by atoms with Crippen molar-refractivity contribution in [1.29, 1.82) is 0 Å². The molecule has 0 saturated carbocycles. The lowest BCUT2D eigenvalue weighted by Gasteiger charge is -2.27. The highest BCUT2D eigenvalue weighted by atomic mass is 19.1. The van der Waals surface area contributed by atoms with E-state index in [1.54, 1.807) is 6.07 Å². The third kappa shape index (κ3) is 3.27. The van der Waals surface area contributed by atoms with Crippen LogP contribution in [0.5, 0.6) is 0 Å². The summed E-state index contributed by atoms with van der Waals surface area (Å²) in [6.07, 6.45) is 2.39. The maximum Gasteiger partial charge on any atom is 0.123 e. The molecule has 1 fully saturated rings. The van der Waals surface area contributed by atoms with Crippen LogP contribution in [0.2, 0.25) is 0 Å². The van der Waals surface area contributed by atoms with Crippen LogP contribution in [0.1, 0.15) is 24.0 Å². The smallest absolute Gasteiger partial charge is 0.123 e. The molecule has 2 nitrogen and oxygen atoms in total. The monoisotopic (exact) mass is 237 g/mol. The molecule has 0 amide bonds. The van der Waals surface area contributed by atoms with Crippen LogP contribution in [0.3, 0.4) is 0 Å². The summed E-state index contributed by atoms with van der Waals surface area (Å²) in [7, 11) is 0. The van der Waals surface area contributed by atoms with Crippen molar-refractivity contribution in [2.75, 3.05) is 13.1 Å². The van der Waals surface area contributed by atoms with Crippen molar-refractivity contribution in [3.8, 4) is 0 Å². The van der Waals surface area contributed by atoms with Crippen molar-refractivity contribution in [2.45, 2.75) is 32.3 Å². The van der Waals surface area contributed by atoms with Gasteiger partial charge >= 0.3 is 0 Å². The molecule has 2 rings (SSSR count). The molecule has 17 heavy (non-hydrogen) atoms. The number of aliphatic hydroxyl groups is 1. The highest BCUT2D eigenvalue weighted by Gasteiger charge is 2.22. The Kier molecular flexibility index (Phi) is 4.13. The Hall–Kier alpha value is -0.930. The standard InChI is InChI=1S/C14H20FNO/c1-10-8-13(15)3-2-12(10)9-14(17)11-4-6-16-7-5-11/h2-3,8,11,14,16-17H,4-7,9H2,1H3.